The number of hydrogen-bond acceptors (Lipinski definition) is 4. The summed E-state index contributed by atoms with van der Waals surface area (Å²) in [6.07, 6.45) is 1.23. The van der Waals surface area contributed by atoms with Gasteiger partial charge in [-0.25, -0.2) is 8.42 Å². The number of amides is 2. The van der Waals surface area contributed by atoms with Crippen LogP contribution in [0.3, 0.4) is 0 Å². The number of benzene rings is 2. The maximum absolute atomic E-state index is 13.5. The molecule has 2 aromatic carbocycles. The van der Waals surface area contributed by atoms with E-state index in [9.17, 15) is 18.0 Å². The Balaban J connectivity index is 2.52. The first kappa shape index (κ1) is 27.5. The zero-order valence-electron chi connectivity index (χ0n) is 18.1. The van der Waals surface area contributed by atoms with Crippen LogP contribution in [-0.2, 0) is 26.2 Å². The van der Waals surface area contributed by atoms with Gasteiger partial charge in [-0.1, -0.05) is 59.4 Å². The molecule has 0 fully saturated rings. The van der Waals surface area contributed by atoms with Gasteiger partial charge in [-0.05, 0) is 36.8 Å². The Hall–Kier alpha value is -1.71. The third-order valence-electron chi connectivity index (χ3n) is 4.88. The molecule has 0 aliphatic rings. The molecule has 180 valence electrons. The van der Waals surface area contributed by atoms with E-state index in [1.165, 1.54) is 30.1 Å². The third-order valence-corrected chi connectivity index (χ3v) is 7.25. The summed E-state index contributed by atoms with van der Waals surface area (Å²) >= 11 is 24.7. The molecule has 0 spiro atoms. The SMILES string of the molecule is CC[C@@H](C(=O)NC)N(Cc1c(Cl)cccc1Cl)C(=O)CN(c1ccc(Cl)cc1Cl)S(C)(=O)=O. The second kappa shape index (κ2) is 11.6. The molecule has 0 saturated heterocycles. The van der Waals surface area contributed by atoms with Gasteiger partial charge < -0.3 is 10.2 Å². The van der Waals surface area contributed by atoms with E-state index < -0.39 is 34.4 Å². The molecule has 0 heterocycles. The second-order valence-electron chi connectivity index (χ2n) is 7.13. The highest BCUT2D eigenvalue weighted by Gasteiger charge is 2.32. The smallest absolute Gasteiger partial charge is 0.244 e. The molecular weight excluding hydrogens is 532 g/mol. The number of halogens is 4. The summed E-state index contributed by atoms with van der Waals surface area (Å²) in [6, 6.07) is 8.24. The molecule has 2 rings (SSSR count). The molecule has 0 aliphatic carbocycles. The highest BCUT2D eigenvalue weighted by atomic mass is 35.5. The molecule has 0 bridgehead atoms. The first-order chi connectivity index (χ1) is 15.4. The van der Waals surface area contributed by atoms with Gasteiger partial charge in [0.15, 0.2) is 0 Å². The van der Waals surface area contributed by atoms with E-state index >= 15 is 0 Å². The number of carbonyl (C=O) groups is 2. The van der Waals surface area contributed by atoms with Crippen molar-refractivity contribution in [1.82, 2.24) is 10.2 Å². The van der Waals surface area contributed by atoms with Crippen LogP contribution < -0.4 is 9.62 Å². The van der Waals surface area contributed by atoms with Gasteiger partial charge >= 0.3 is 0 Å². The van der Waals surface area contributed by atoms with E-state index in [1.807, 2.05) is 0 Å². The average Bonchev–Trinajstić information content (AvgIpc) is 2.73. The number of hydrogen-bond donors (Lipinski definition) is 1. The van der Waals surface area contributed by atoms with Gasteiger partial charge in [0, 0.05) is 34.2 Å². The second-order valence-corrected chi connectivity index (χ2v) is 10.7. The minimum atomic E-state index is -3.92. The van der Waals surface area contributed by atoms with Crippen molar-refractivity contribution in [3.8, 4) is 0 Å². The molecule has 7 nitrogen and oxygen atoms in total. The predicted octanol–water partition coefficient (Wildman–Crippen LogP) is 4.62. The molecule has 2 amide bonds. The Kier molecular flexibility index (Phi) is 9.70. The number of nitrogens with one attached hydrogen (secondary N) is 1. The molecule has 33 heavy (non-hydrogen) atoms. The fourth-order valence-corrected chi connectivity index (χ4v) is 5.16. The topological polar surface area (TPSA) is 86.8 Å². The van der Waals surface area contributed by atoms with E-state index in [-0.39, 0.29) is 23.7 Å². The fraction of sp³-hybridized carbons (Fsp3) is 0.333. The summed E-state index contributed by atoms with van der Waals surface area (Å²) in [7, 11) is -2.47. The van der Waals surface area contributed by atoms with Crippen LogP contribution in [0.4, 0.5) is 5.69 Å². The van der Waals surface area contributed by atoms with Crippen LogP contribution >= 0.6 is 46.4 Å². The number of anilines is 1. The lowest BCUT2D eigenvalue weighted by molar-refractivity contribution is -0.140. The Bertz CT molecular complexity index is 1120. The molecule has 1 N–H and O–H groups in total. The minimum absolute atomic E-state index is 0.0553. The van der Waals surface area contributed by atoms with Crippen LogP contribution in [-0.4, -0.2) is 51.0 Å². The van der Waals surface area contributed by atoms with Crippen LogP contribution in [0.15, 0.2) is 36.4 Å². The van der Waals surface area contributed by atoms with Gasteiger partial charge in [0.1, 0.15) is 12.6 Å². The maximum atomic E-state index is 13.5. The van der Waals surface area contributed by atoms with Gasteiger partial charge in [0.25, 0.3) is 0 Å². The van der Waals surface area contributed by atoms with E-state index in [4.69, 9.17) is 46.4 Å². The van der Waals surface area contributed by atoms with Crippen molar-refractivity contribution >= 4 is 73.9 Å². The van der Waals surface area contributed by atoms with Crippen molar-refractivity contribution in [2.75, 3.05) is 24.2 Å². The van der Waals surface area contributed by atoms with Crippen molar-refractivity contribution in [1.29, 1.82) is 0 Å². The van der Waals surface area contributed by atoms with E-state index in [0.717, 1.165) is 10.6 Å². The standard InChI is InChI=1S/C21H23Cl4N3O4S/c1-4-18(21(30)26-2)27(11-14-15(23)6-5-7-16(14)24)20(29)12-28(33(3,31)32)19-9-8-13(22)10-17(19)25/h5-10,18H,4,11-12H2,1-3H3,(H,26,30)/t18-/m0/s1. The van der Waals surface area contributed by atoms with Crippen LogP contribution in [0.2, 0.25) is 20.1 Å². The minimum Gasteiger partial charge on any atom is -0.357 e. The Labute approximate surface area is 213 Å². The molecule has 1 atom stereocenters. The summed E-state index contributed by atoms with van der Waals surface area (Å²) in [6.45, 7) is 1.03. The predicted molar refractivity (Wildman–Crippen MR) is 134 cm³/mol. The van der Waals surface area contributed by atoms with E-state index in [0.29, 0.717) is 20.6 Å². The largest absolute Gasteiger partial charge is 0.357 e. The molecule has 0 radical (unpaired) electrons. The first-order valence-electron chi connectivity index (χ1n) is 9.77. The van der Waals surface area contributed by atoms with Crippen LogP contribution in [0.5, 0.6) is 0 Å². The van der Waals surface area contributed by atoms with Gasteiger partial charge in [-0.2, -0.15) is 0 Å². The molecule has 12 heteroatoms. The number of nitrogens with zero attached hydrogens (tertiary/aromatic N) is 2. The molecule has 0 unspecified atom stereocenters. The van der Waals surface area contributed by atoms with E-state index in [2.05, 4.69) is 5.32 Å². The van der Waals surface area contributed by atoms with Gasteiger partial charge in [0.2, 0.25) is 21.8 Å². The number of sulfonamides is 1. The fourth-order valence-electron chi connectivity index (χ4n) is 3.22. The third kappa shape index (κ3) is 6.90. The molecule has 2 aromatic rings. The maximum Gasteiger partial charge on any atom is 0.244 e. The summed E-state index contributed by atoms with van der Waals surface area (Å²) in [4.78, 5) is 27.3. The summed E-state index contributed by atoms with van der Waals surface area (Å²) in [5.74, 6) is -1.05. The van der Waals surface area contributed by atoms with Crippen molar-refractivity contribution in [2.45, 2.75) is 25.9 Å². The summed E-state index contributed by atoms with van der Waals surface area (Å²) in [5.41, 5.74) is 0.521. The molecule has 0 aliphatic heterocycles. The summed E-state index contributed by atoms with van der Waals surface area (Å²) < 4.78 is 26.0. The van der Waals surface area contributed by atoms with Crippen molar-refractivity contribution in [3.05, 3.63) is 62.1 Å². The average molecular weight is 555 g/mol. The Morgan fingerprint density at radius 3 is 2.12 bits per heavy atom. The van der Waals surface area contributed by atoms with E-state index in [1.54, 1.807) is 25.1 Å². The zero-order valence-corrected chi connectivity index (χ0v) is 22.0. The molecule has 0 saturated carbocycles. The Morgan fingerprint density at radius 2 is 1.64 bits per heavy atom. The quantitative estimate of drug-likeness (QED) is 0.490. The Morgan fingerprint density at radius 1 is 1.03 bits per heavy atom. The van der Waals surface area contributed by atoms with Gasteiger partial charge in [-0.3, -0.25) is 13.9 Å². The monoisotopic (exact) mass is 553 g/mol. The van der Waals surface area contributed by atoms with Crippen molar-refractivity contribution in [3.63, 3.8) is 0 Å². The highest BCUT2D eigenvalue weighted by Crippen LogP contribution is 2.31. The van der Waals surface area contributed by atoms with Crippen LogP contribution in [0.1, 0.15) is 18.9 Å². The lowest BCUT2D eigenvalue weighted by atomic mass is 10.1. The molecular formula is C21H23Cl4N3O4S. The number of carbonyl (C=O) groups excluding carboxylic acids is 2. The normalized spacial score (nSPS) is 12.2. The van der Waals surface area contributed by atoms with Gasteiger partial charge in [0.05, 0.1) is 17.0 Å². The number of rotatable bonds is 9. The highest BCUT2D eigenvalue weighted by molar-refractivity contribution is 7.92. The van der Waals surface area contributed by atoms with Gasteiger partial charge in [-0.15, -0.1) is 0 Å². The summed E-state index contributed by atoms with van der Waals surface area (Å²) in [5, 5.41) is 3.52. The van der Waals surface area contributed by atoms with Crippen molar-refractivity contribution in [2.24, 2.45) is 0 Å². The molecule has 0 aromatic heterocycles. The first-order valence-corrected chi connectivity index (χ1v) is 13.1. The number of likely N-dealkylation sites (N-methyl/N-ethyl adjacent to an activating group) is 1. The lowest BCUT2D eigenvalue weighted by Gasteiger charge is -2.33. The van der Waals surface area contributed by atoms with Crippen LogP contribution in [0, 0.1) is 0 Å². The zero-order chi connectivity index (χ0) is 24.9. The van der Waals surface area contributed by atoms with Crippen LogP contribution in [0.25, 0.3) is 0 Å². The lowest BCUT2D eigenvalue weighted by Crippen LogP contribution is -2.51. The van der Waals surface area contributed by atoms with Crippen molar-refractivity contribution < 1.29 is 18.0 Å².